The minimum Gasteiger partial charge on any atom is -0.480 e. The molecule has 2 aromatic heterocycles. The van der Waals surface area contributed by atoms with Gasteiger partial charge < -0.3 is 15.2 Å². The van der Waals surface area contributed by atoms with Gasteiger partial charge in [-0.3, -0.25) is 4.79 Å². The topological polar surface area (TPSA) is 80.6 Å². The second-order valence-electron chi connectivity index (χ2n) is 3.00. The van der Waals surface area contributed by atoms with Crippen LogP contribution in [0.4, 0.5) is 0 Å². The maximum absolute atomic E-state index is 10.6. The molecule has 3 N–H and O–H groups in total. The van der Waals surface area contributed by atoms with Gasteiger partial charge in [-0.25, -0.2) is 4.98 Å². The first-order valence-corrected chi connectivity index (χ1v) is 4.08. The van der Waals surface area contributed by atoms with E-state index in [4.69, 9.17) is 10.8 Å². The molecule has 0 saturated carbocycles. The van der Waals surface area contributed by atoms with Crippen LogP contribution in [-0.4, -0.2) is 20.5 Å². The molecule has 0 radical (unpaired) electrons. The molecular formula is C9H9N3O2. The van der Waals surface area contributed by atoms with E-state index in [0.717, 1.165) is 5.52 Å². The number of hydrogen-bond acceptors (Lipinski definition) is 3. The molecule has 14 heavy (non-hydrogen) atoms. The standard InChI is InChI=1S/C9H9N3O2/c10-8(9(13)14)6-1-2-7-3-11-5-12(7)4-6/h1-5,8H,10H2,(H,13,14). The summed E-state index contributed by atoms with van der Waals surface area (Å²) < 4.78 is 1.73. The molecule has 2 rings (SSSR count). The number of carboxylic acids is 1. The van der Waals surface area contributed by atoms with E-state index >= 15 is 0 Å². The predicted octanol–water partition coefficient (Wildman–Crippen LogP) is 0.419. The number of rotatable bonds is 2. The lowest BCUT2D eigenvalue weighted by molar-refractivity contribution is -0.138. The van der Waals surface area contributed by atoms with E-state index in [9.17, 15) is 4.79 Å². The smallest absolute Gasteiger partial charge is 0.325 e. The third-order valence-corrected chi connectivity index (χ3v) is 2.06. The molecule has 0 saturated heterocycles. The lowest BCUT2D eigenvalue weighted by Crippen LogP contribution is -2.20. The second kappa shape index (κ2) is 3.12. The van der Waals surface area contributed by atoms with Crippen LogP contribution in [0.3, 0.4) is 0 Å². The third-order valence-electron chi connectivity index (χ3n) is 2.06. The summed E-state index contributed by atoms with van der Waals surface area (Å²) in [6.45, 7) is 0. The number of pyridine rings is 1. The first-order valence-electron chi connectivity index (χ1n) is 4.08. The molecule has 0 aliphatic rings. The Morgan fingerprint density at radius 2 is 2.36 bits per heavy atom. The van der Waals surface area contributed by atoms with Crippen molar-refractivity contribution in [1.29, 1.82) is 0 Å². The normalized spacial score (nSPS) is 12.9. The van der Waals surface area contributed by atoms with Crippen molar-refractivity contribution in [2.45, 2.75) is 6.04 Å². The maximum Gasteiger partial charge on any atom is 0.325 e. The number of aromatic nitrogens is 2. The zero-order valence-corrected chi connectivity index (χ0v) is 7.29. The van der Waals surface area contributed by atoms with Crippen molar-refractivity contribution in [1.82, 2.24) is 9.38 Å². The zero-order chi connectivity index (χ0) is 10.1. The van der Waals surface area contributed by atoms with Crippen LogP contribution >= 0.6 is 0 Å². The van der Waals surface area contributed by atoms with Crippen molar-refractivity contribution in [3.05, 3.63) is 36.4 Å². The summed E-state index contributed by atoms with van der Waals surface area (Å²) in [6, 6.07) is 2.49. The first-order chi connectivity index (χ1) is 6.68. The molecule has 5 nitrogen and oxygen atoms in total. The number of aliphatic carboxylic acids is 1. The number of nitrogens with zero attached hydrogens (tertiary/aromatic N) is 2. The molecule has 2 aromatic rings. The molecule has 2 heterocycles. The molecule has 0 bridgehead atoms. The molecule has 0 amide bonds. The van der Waals surface area contributed by atoms with E-state index in [1.165, 1.54) is 0 Å². The van der Waals surface area contributed by atoms with E-state index in [1.54, 1.807) is 35.3 Å². The highest BCUT2D eigenvalue weighted by Crippen LogP contribution is 2.12. The van der Waals surface area contributed by atoms with E-state index < -0.39 is 12.0 Å². The van der Waals surface area contributed by atoms with Crippen LogP contribution in [-0.2, 0) is 4.79 Å². The van der Waals surface area contributed by atoms with Gasteiger partial charge in [0, 0.05) is 6.20 Å². The Labute approximate surface area is 79.8 Å². The summed E-state index contributed by atoms with van der Waals surface area (Å²) in [5.41, 5.74) is 6.93. The Balaban J connectivity index is 2.48. The van der Waals surface area contributed by atoms with Gasteiger partial charge in [-0.1, -0.05) is 6.07 Å². The predicted molar refractivity (Wildman–Crippen MR) is 49.8 cm³/mol. The summed E-state index contributed by atoms with van der Waals surface area (Å²) in [5, 5.41) is 8.71. The quantitative estimate of drug-likeness (QED) is 0.720. The van der Waals surface area contributed by atoms with Crippen LogP contribution < -0.4 is 5.73 Å². The summed E-state index contributed by atoms with van der Waals surface area (Å²) in [4.78, 5) is 14.5. The fraction of sp³-hybridized carbons (Fsp3) is 0.111. The van der Waals surface area contributed by atoms with Crippen molar-refractivity contribution < 1.29 is 9.90 Å². The number of carboxylic acid groups (broad SMARTS) is 1. The van der Waals surface area contributed by atoms with Crippen LogP contribution in [0.25, 0.3) is 5.52 Å². The van der Waals surface area contributed by atoms with Crippen molar-refractivity contribution in [2.75, 3.05) is 0 Å². The van der Waals surface area contributed by atoms with Gasteiger partial charge in [0.25, 0.3) is 0 Å². The molecule has 5 heteroatoms. The molecule has 0 aliphatic heterocycles. The first kappa shape index (κ1) is 8.71. The van der Waals surface area contributed by atoms with Crippen LogP contribution in [0.15, 0.2) is 30.9 Å². The lowest BCUT2D eigenvalue weighted by atomic mass is 10.1. The van der Waals surface area contributed by atoms with Gasteiger partial charge in [0.15, 0.2) is 0 Å². The van der Waals surface area contributed by atoms with E-state index in [-0.39, 0.29) is 0 Å². The van der Waals surface area contributed by atoms with Crippen LogP contribution in [0, 0.1) is 0 Å². The number of imidazole rings is 1. The second-order valence-corrected chi connectivity index (χ2v) is 3.00. The third kappa shape index (κ3) is 1.33. The number of nitrogens with two attached hydrogens (primary N) is 1. The highest BCUT2D eigenvalue weighted by molar-refractivity contribution is 5.75. The number of carbonyl (C=O) groups is 1. The van der Waals surface area contributed by atoms with Gasteiger partial charge in [0.1, 0.15) is 6.04 Å². The van der Waals surface area contributed by atoms with E-state index in [2.05, 4.69) is 4.98 Å². The minimum absolute atomic E-state index is 0.558. The van der Waals surface area contributed by atoms with E-state index in [1.807, 2.05) is 0 Å². The van der Waals surface area contributed by atoms with Crippen LogP contribution in [0.5, 0.6) is 0 Å². The fourth-order valence-electron chi connectivity index (χ4n) is 1.26. The van der Waals surface area contributed by atoms with Gasteiger partial charge in [-0.15, -0.1) is 0 Å². The Morgan fingerprint density at radius 3 is 3.07 bits per heavy atom. The van der Waals surface area contributed by atoms with Gasteiger partial charge in [-0.2, -0.15) is 0 Å². The molecular weight excluding hydrogens is 182 g/mol. The largest absolute Gasteiger partial charge is 0.480 e. The van der Waals surface area contributed by atoms with Gasteiger partial charge in [-0.05, 0) is 11.6 Å². The lowest BCUT2D eigenvalue weighted by Gasteiger charge is -2.06. The van der Waals surface area contributed by atoms with Gasteiger partial charge >= 0.3 is 5.97 Å². The average Bonchev–Trinajstić information content (AvgIpc) is 2.62. The Bertz CT molecular complexity index is 478. The van der Waals surface area contributed by atoms with Crippen molar-refractivity contribution in [3.8, 4) is 0 Å². The summed E-state index contributed by atoms with van der Waals surface area (Å²) in [6.07, 6.45) is 4.96. The van der Waals surface area contributed by atoms with Gasteiger partial charge in [0.05, 0.1) is 18.0 Å². The monoisotopic (exact) mass is 191 g/mol. The van der Waals surface area contributed by atoms with Gasteiger partial charge in [0.2, 0.25) is 0 Å². The van der Waals surface area contributed by atoms with Crippen LogP contribution in [0.2, 0.25) is 0 Å². The Kier molecular flexibility index (Phi) is 1.94. The highest BCUT2D eigenvalue weighted by Gasteiger charge is 2.14. The van der Waals surface area contributed by atoms with Crippen molar-refractivity contribution in [2.24, 2.45) is 5.73 Å². The average molecular weight is 191 g/mol. The molecule has 0 fully saturated rings. The Morgan fingerprint density at radius 1 is 1.57 bits per heavy atom. The summed E-state index contributed by atoms with van der Waals surface area (Å²) in [7, 11) is 0. The SMILES string of the molecule is NC(C(=O)O)c1ccc2cncn2c1. The fourth-order valence-corrected chi connectivity index (χ4v) is 1.26. The Hall–Kier alpha value is -1.88. The summed E-state index contributed by atoms with van der Waals surface area (Å²) >= 11 is 0. The highest BCUT2D eigenvalue weighted by atomic mass is 16.4. The zero-order valence-electron chi connectivity index (χ0n) is 7.29. The molecule has 0 aliphatic carbocycles. The summed E-state index contributed by atoms with van der Waals surface area (Å²) in [5.74, 6) is -1.04. The molecule has 0 spiro atoms. The number of fused-ring (bicyclic) bond motifs is 1. The van der Waals surface area contributed by atoms with E-state index in [0.29, 0.717) is 5.56 Å². The van der Waals surface area contributed by atoms with Crippen LogP contribution in [0.1, 0.15) is 11.6 Å². The molecule has 1 unspecified atom stereocenters. The molecule has 0 aromatic carbocycles. The van der Waals surface area contributed by atoms with Crippen molar-refractivity contribution in [3.63, 3.8) is 0 Å². The number of hydrogen-bond donors (Lipinski definition) is 2. The minimum atomic E-state index is -1.04. The molecule has 1 atom stereocenters. The van der Waals surface area contributed by atoms with Crippen molar-refractivity contribution >= 4 is 11.5 Å². The maximum atomic E-state index is 10.6. The molecule has 72 valence electrons.